The van der Waals surface area contributed by atoms with Gasteiger partial charge in [-0.05, 0) is 49.4 Å². The predicted molar refractivity (Wildman–Crippen MR) is 409 cm³/mol. The predicted octanol–water partition coefficient (Wildman–Crippen LogP) is 24.0. The third-order valence-electron chi connectivity index (χ3n) is 19.2. The molecule has 0 radical (unpaired) electrons. The summed E-state index contributed by atoms with van der Waals surface area (Å²) in [7, 11) is -9.92. The van der Waals surface area contributed by atoms with Crippen LogP contribution in [0, 0.1) is 23.7 Å². The molecular weight excluding hydrogens is 1310 g/mol. The normalized spacial score (nSPS) is 14.3. The minimum Gasteiger partial charge on any atom is -0.462 e. The van der Waals surface area contributed by atoms with E-state index in [-0.39, 0.29) is 25.7 Å². The number of hydrogen-bond acceptors (Lipinski definition) is 15. The molecule has 0 saturated heterocycles. The Labute approximate surface area is 613 Å². The van der Waals surface area contributed by atoms with Gasteiger partial charge in [0.05, 0.1) is 26.4 Å². The quantitative estimate of drug-likeness (QED) is 0.0222. The molecule has 6 atom stereocenters. The first kappa shape index (κ1) is 98.1. The van der Waals surface area contributed by atoms with Gasteiger partial charge in [-0.25, -0.2) is 9.13 Å². The summed E-state index contributed by atoms with van der Waals surface area (Å²) in [5, 5.41) is 10.6. The number of ether oxygens (including phenoxy) is 4. The molecule has 0 aliphatic heterocycles. The van der Waals surface area contributed by atoms with Crippen LogP contribution in [0.4, 0.5) is 0 Å². The Balaban J connectivity index is 5.20. The van der Waals surface area contributed by atoms with E-state index in [1.165, 1.54) is 212 Å². The molecule has 0 saturated carbocycles. The summed E-state index contributed by atoms with van der Waals surface area (Å²) in [5.74, 6) is 0.988. The molecule has 0 amide bonds. The monoisotopic (exact) mass is 1470 g/mol. The van der Waals surface area contributed by atoms with Crippen LogP contribution < -0.4 is 0 Å². The van der Waals surface area contributed by atoms with Crippen LogP contribution in [0.5, 0.6) is 0 Å². The zero-order valence-electron chi connectivity index (χ0n) is 65.8. The first-order valence-corrected chi connectivity index (χ1v) is 44.7. The van der Waals surface area contributed by atoms with Crippen molar-refractivity contribution in [2.45, 2.75) is 433 Å². The van der Waals surface area contributed by atoms with Crippen LogP contribution in [0.3, 0.4) is 0 Å². The lowest BCUT2D eigenvalue weighted by molar-refractivity contribution is -0.161. The third kappa shape index (κ3) is 73.0. The summed E-state index contributed by atoms with van der Waals surface area (Å²) < 4.78 is 68.7. The first-order chi connectivity index (χ1) is 48.1. The molecule has 17 nitrogen and oxygen atoms in total. The van der Waals surface area contributed by atoms with E-state index in [4.69, 9.17) is 37.0 Å². The van der Waals surface area contributed by atoms with Crippen molar-refractivity contribution in [3.63, 3.8) is 0 Å². The minimum atomic E-state index is -4.96. The molecule has 0 aromatic heterocycles. The Morgan fingerprint density at radius 2 is 0.480 bits per heavy atom. The van der Waals surface area contributed by atoms with Crippen LogP contribution >= 0.6 is 15.6 Å². The van der Waals surface area contributed by atoms with Gasteiger partial charge in [0.1, 0.15) is 19.3 Å². The largest absolute Gasteiger partial charge is 0.472 e. The highest BCUT2D eigenvalue weighted by atomic mass is 31.2. The first-order valence-electron chi connectivity index (χ1n) is 41.7. The van der Waals surface area contributed by atoms with Crippen molar-refractivity contribution in [1.29, 1.82) is 0 Å². The Hall–Kier alpha value is -1.94. The van der Waals surface area contributed by atoms with Gasteiger partial charge < -0.3 is 33.8 Å². The number of carbonyl (C=O) groups excluding carboxylic acids is 4. The number of phosphoric acid groups is 2. The molecule has 0 rings (SSSR count). The molecule has 0 bridgehead atoms. The van der Waals surface area contributed by atoms with Crippen LogP contribution in [0.2, 0.25) is 0 Å². The Bertz CT molecular complexity index is 1960. The van der Waals surface area contributed by atoms with E-state index in [0.29, 0.717) is 31.6 Å². The maximum Gasteiger partial charge on any atom is 0.472 e. The van der Waals surface area contributed by atoms with E-state index in [2.05, 4.69) is 55.4 Å². The van der Waals surface area contributed by atoms with Crippen molar-refractivity contribution in [1.82, 2.24) is 0 Å². The SMILES string of the molecule is CCC(C)CCCCCCCCCCCCCCCCC(=O)OC[C@H](COP(=O)(O)OCC(O)COP(=O)(O)OC[C@@H](COC(=O)CCCCCCCCC(C)C)OC(=O)CCCCCCCCCCCCCCCCCCC(C)C)OC(=O)CCCCCCCCCCCCCC(C)C. The molecular formula is C81H158O17P2. The fraction of sp³-hybridized carbons (Fsp3) is 0.951. The molecule has 0 spiro atoms. The van der Waals surface area contributed by atoms with Crippen molar-refractivity contribution in [3.8, 4) is 0 Å². The second-order valence-corrected chi connectivity index (χ2v) is 33.7. The van der Waals surface area contributed by atoms with Crippen LogP contribution in [0.15, 0.2) is 0 Å². The molecule has 4 unspecified atom stereocenters. The highest BCUT2D eigenvalue weighted by Crippen LogP contribution is 2.45. The molecule has 594 valence electrons. The third-order valence-corrected chi connectivity index (χ3v) is 21.1. The van der Waals surface area contributed by atoms with Crippen molar-refractivity contribution >= 4 is 39.5 Å². The minimum absolute atomic E-state index is 0.106. The lowest BCUT2D eigenvalue weighted by atomic mass is 9.99. The second-order valence-electron chi connectivity index (χ2n) is 30.8. The smallest absolute Gasteiger partial charge is 0.462 e. The summed E-state index contributed by atoms with van der Waals surface area (Å²) in [6, 6.07) is 0. The average Bonchev–Trinajstić information content (AvgIpc) is 0.935. The van der Waals surface area contributed by atoms with E-state index < -0.39 is 97.5 Å². The van der Waals surface area contributed by atoms with Crippen molar-refractivity contribution in [3.05, 3.63) is 0 Å². The van der Waals surface area contributed by atoms with Crippen LogP contribution in [-0.2, 0) is 65.4 Å². The fourth-order valence-electron chi connectivity index (χ4n) is 12.4. The number of aliphatic hydroxyl groups excluding tert-OH is 1. The van der Waals surface area contributed by atoms with Gasteiger partial charge in [0.2, 0.25) is 0 Å². The number of esters is 4. The molecule has 0 aliphatic carbocycles. The molecule has 0 aliphatic rings. The average molecular weight is 1470 g/mol. The van der Waals surface area contributed by atoms with Crippen LogP contribution in [0.1, 0.15) is 415 Å². The fourth-order valence-corrected chi connectivity index (χ4v) is 14.0. The van der Waals surface area contributed by atoms with Crippen LogP contribution in [0.25, 0.3) is 0 Å². The number of rotatable bonds is 78. The summed E-state index contributed by atoms with van der Waals surface area (Å²) in [6.07, 6.45) is 57.0. The summed E-state index contributed by atoms with van der Waals surface area (Å²) >= 11 is 0. The van der Waals surface area contributed by atoms with Crippen LogP contribution in [-0.4, -0.2) is 96.7 Å². The number of carbonyl (C=O) groups is 4. The lowest BCUT2D eigenvalue weighted by Crippen LogP contribution is -2.30. The van der Waals surface area contributed by atoms with E-state index >= 15 is 0 Å². The molecule has 0 fully saturated rings. The van der Waals surface area contributed by atoms with E-state index in [9.17, 15) is 43.2 Å². The van der Waals surface area contributed by atoms with Gasteiger partial charge in [0, 0.05) is 25.7 Å². The topological polar surface area (TPSA) is 237 Å². The standard InChI is InChI=1S/C81H158O17P2/c1-9-74(8)60-52-44-35-29-23-17-14-15-18-24-30-36-45-53-61-78(83)91-67-76(97-81(86)64-56-48-38-32-26-20-22-28-34-42-50-58-72(4)5)69-95-99(87,88)93-65-75(82)66-94-100(89,90)96-70-77(68-92-79(84)62-54-46-40-39-43-51-59-73(6)7)98-80(85)63-55-47-37-31-25-19-13-11-10-12-16-21-27-33-41-49-57-71(2)3/h71-77,82H,9-70H2,1-8H3,(H,87,88)(H,89,90)/t74?,75?,76-,77-/m1/s1. The highest BCUT2D eigenvalue weighted by Gasteiger charge is 2.30. The molecule has 3 N–H and O–H groups in total. The number of phosphoric ester groups is 2. The Kier molecular flexibility index (Phi) is 68.7. The molecule has 19 heteroatoms. The van der Waals surface area contributed by atoms with Crippen molar-refractivity contribution in [2.75, 3.05) is 39.6 Å². The van der Waals surface area contributed by atoms with Gasteiger partial charge in [0.25, 0.3) is 0 Å². The summed E-state index contributed by atoms with van der Waals surface area (Å²) in [6.45, 7) is 14.2. The summed E-state index contributed by atoms with van der Waals surface area (Å²) in [4.78, 5) is 73.0. The number of unbranched alkanes of at least 4 members (excludes halogenated alkanes) is 43. The zero-order chi connectivity index (χ0) is 73.8. The summed E-state index contributed by atoms with van der Waals surface area (Å²) in [5.41, 5.74) is 0. The van der Waals surface area contributed by atoms with Gasteiger partial charge in [-0.3, -0.25) is 37.3 Å². The van der Waals surface area contributed by atoms with Crippen molar-refractivity contribution in [2.24, 2.45) is 23.7 Å². The van der Waals surface area contributed by atoms with Gasteiger partial charge in [0.15, 0.2) is 12.2 Å². The molecule has 0 aromatic rings. The lowest BCUT2D eigenvalue weighted by Gasteiger charge is -2.21. The van der Waals surface area contributed by atoms with Gasteiger partial charge in [-0.15, -0.1) is 0 Å². The van der Waals surface area contributed by atoms with E-state index in [1.54, 1.807) is 0 Å². The van der Waals surface area contributed by atoms with Gasteiger partial charge in [-0.2, -0.15) is 0 Å². The number of aliphatic hydroxyl groups is 1. The Morgan fingerprint density at radius 1 is 0.280 bits per heavy atom. The zero-order valence-corrected chi connectivity index (χ0v) is 67.6. The second kappa shape index (κ2) is 70.1. The molecule has 0 heterocycles. The van der Waals surface area contributed by atoms with Crippen molar-refractivity contribution < 1.29 is 80.2 Å². The van der Waals surface area contributed by atoms with E-state index in [1.807, 2.05) is 0 Å². The Morgan fingerprint density at radius 3 is 0.710 bits per heavy atom. The maximum absolute atomic E-state index is 13.1. The molecule has 100 heavy (non-hydrogen) atoms. The van der Waals surface area contributed by atoms with E-state index in [0.717, 1.165) is 114 Å². The highest BCUT2D eigenvalue weighted by molar-refractivity contribution is 7.47. The number of hydrogen-bond donors (Lipinski definition) is 3. The molecule has 0 aromatic carbocycles. The van der Waals surface area contributed by atoms with Gasteiger partial charge in [-0.1, -0.05) is 364 Å². The maximum atomic E-state index is 13.1. The van der Waals surface area contributed by atoms with Gasteiger partial charge >= 0.3 is 39.5 Å².